The monoisotopic (exact) mass is 446 g/mol. The molecule has 1 saturated carbocycles. The van der Waals surface area contributed by atoms with Gasteiger partial charge in [-0.15, -0.1) is 0 Å². The maximum Gasteiger partial charge on any atom is 0.263 e. The SMILES string of the molecule is CN(C(=O)CSC1=Nc2ccccc2C2=N[C@H](c3ccccc3)C(=O)N12)C1CCCCC1. The second kappa shape index (κ2) is 8.90. The summed E-state index contributed by atoms with van der Waals surface area (Å²) in [5.74, 6) is 0.819. The van der Waals surface area contributed by atoms with Crippen LogP contribution in [-0.4, -0.2) is 51.5 Å². The zero-order chi connectivity index (χ0) is 22.1. The minimum absolute atomic E-state index is 0.0770. The van der Waals surface area contributed by atoms with Gasteiger partial charge in [0.05, 0.1) is 11.4 Å². The van der Waals surface area contributed by atoms with Crippen LogP contribution in [0.3, 0.4) is 0 Å². The molecule has 0 radical (unpaired) electrons. The first-order valence-corrected chi connectivity index (χ1v) is 12.2. The minimum Gasteiger partial charge on any atom is -0.342 e. The summed E-state index contributed by atoms with van der Waals surface area (Å²) in [7, 11) is 1.90. The van der Waals surface area contributed by atoms with E-state index in [1.54, 1.807) is 4.90 Å². The van der Waals surface area contributed by atoms with Crippen LogP contribution in [0.25, 0.3) is 0 Å². The number of thioether (sulfide) groups is 1. The third-order valence-electron chi connectivity index (χ3n) is 6.43. The fraction of sp³-hybridized carbons (Fsp3) is 0.360. The maximum atomic E-state index is 13.4. The second-order valence-corrected chi connectivity index (χ2v) is 9.38. The molecular formula is C25H26N4O2S. The Bertz CT molecular complexity index is 1090. The van der Waals surface area contributed by atoms with Gasteiger partial charge in [0.1, 0.15) is 5.84 Å². The van der Waals surface area contributed by atoms with Gasteiger partial charge in [-0.1, -0.05) is 73.5 Å². The smallest absolute Gasteiger partial charge is 0.263 e. The van der Waals surface area contributed by atoms with Crippen LogP contribution in [0.4, 0.5) is 5.69 Å². The molecule has 2 aromatic carbocycles. The standard InChI is InChI=1S/C25H26N4O2S/c1-28(18-12-6-3-7-13-18)21(30)16-32-25-26-20-15-9-8-14-19(20)23-27-22(24(31)29(23)25)17-10-4-2-5-11-17/h2,4-5,8-11,14-15,18,22H,3,6-7,12-13,16H2,1H3/t22-/m1/s1. The van der Waals surface area contributed by atoms with Crippen LogP contribution >= 0.6 is 11.8 Å². The van der Waals surface area contributed by atoms with Gasteiger partial charge in [-0.3, -0.25) is 9.59 Å². The van der Waals surface area contributed by atoms with E-state index in [4.69, 9.17) is 9.98 Å². The zero-order valence-electron chi connectivity index (χ0n) is 18.1. The predicted molar refractivity (Wildman–Crippen MR) is 128 cm³/mol. The van der Waals surface area contributed by atoms with Gasteiger partial charge >= 0.3 is 0 Å². The average Bonchev–Trinajstić information content (AvgIpc) is 3.20. The molecule has 1 atom stereocenters. The van der Waals surface area contributed by atoms with E-state index in [0.29, 0.717) is 17.0 Å². The van der Waals surface area contributed by atoms with Crippen LogP contribution in [0.5, 0.6) is 0 Å². The van der Waals surface area contributed by atoms with E-state index >= 15 is 0 Å². The average molecular weight is 447 g/mol. The predicted octanol–water partition coefficient (Wildman–Crippen LogP) is 4.54. The van der Waals surface area contributed by atoms with Crippen molar-refractivity contribution in [2.75, 3.05) is 12.8 Å². The molecule has 1 aliphatic carbocycles. The third-order valence-corrected chi connectivity index (χ3v) is 7.35. The summed E-state index contributed by atoms with van der Waals surface area (Å²) in [5.41, 5.74) is 2.48. The Balaban J connectivity index is 1.39. The van der Waals surface area contributed by atoms with Crippen molar-refractivity contribution in [3.63, 3.8) is 0 Å². The van der Waals surface area contributed by atoms with Crippen molar-refractivity contribution in [2.45, 2.75) is 44.2 Å². The van der Waals surface area contributed by atoms with E-state index in [1.807, 2.05) is 66.5 Å². The molecule has 0 unspecified atom stereocenters. The fourth-order valence-corrected chi connectivity index (χ4v) is 5.52. The van der Waals surface area contributed by atoms with E-state index in [9.17, 15) is 9.59 Å². The number of hydrogen-bond acceptors (Lipinski definition) is 5. The Morgan fingerprint density at radius 2 is 1.78 bits per heavy atom. The highest BCUT2D eigenvalue weighted by Crippen LogP contribution is 2.37. The first kappa shape index (κ1) is 20.9. The van der Waals surface area contributed by atoms with Gasteiger partial charge in [-0.2, -0.15) is 0 Å². The van der Waals surface area contributed by atoms with Gasteiger partial charge in [0, 0.05) is 18.7 Å². The number of carbonyl (C=O) groups excluding carboxylic acids is 2. The largest absolute Gasteiger partial charge is 0.342 e. The van der Waals surface area contributed by atoms with Crippen LogP contribution < -0.4 is 0 Å². The first-order valence-electron chi connectivity index (χ1n) is 11.2. The molecule has 0 spiro atoms. The van der Waals surface area contributed by atoms with Crippen molar-refractivity contribution < 1.29 is 9.59 Å². The Morgan fingerprint density at radius 3 is 2.56 bits per heavy atom. The molecule has 1 fully saturated rings. The van der Waals surface area contributed by atoms with Gasteiger partial charge < -0.3 is 4.90 Å². The maximum absolute atomic E-state index is 13.4. The highest BCUT2D eigenvalue weighted by atomic mass is 32.2. The lowest BCUT2D eigenvalue weighted by molar-refractivity contribution is -0.129. The Kier molecular flexibility index (Phi) is 5.83. The summed E-state index contributed by atoms with van der Waals surface area (Å²) in [4.78, 5) is 39.3. The molecule has 6 nitrogen and oxygen atoms in total. The van der Waals surface area contributed by atoms with E-state index in [0.717, 1.165) is 29.7 Å². The molecular weight excluding hydrogens is 420 g/mol. The third kappa shape index (κ3) is 3.86. The van der Waals surface area contributed by atoms with Gasteiger partial charge in [0.2, 0.25) is 5.91 Å². The van der Waals surface area contributed by atoms with E-state index < -0.39 is 6.04 Å². The summed E-state index contributed by atoms with van der Waals surface area (Å²) in [5, 5.41) is 0.524. The molecule has 0 N–H and O–H groups in total. The number of aliphatic imine (C=N–C) groups is 2. The highest BCUT2D eigenvalue weighted by Gasteiger charge is 2.42. The van der Waals surface area contributed by atoms with Crippen molar-refractivity contribution >= 4 is 40.3 Å². The number of hydrogen-bond donors (Lipinski definition) is 0. The second-order valence-electron chi connectivity index (χ2n) is 8.44. The van der Waals surface area contributed by atoms with Crippen molar-refractivity contribution in [2.24, 2.45) is 9.98 Å². The fourth-order valence-electron chi connectivity index (χ4n) is 4.60. The molecule has 2 heterocycles. The van der Waals surface area contributed by atoms with Crippen molar-refractivity contribution in [3.8, 4) is 0 Å². The number of amides is 2. The van der Waals surface area contributed by atoms with Crippen LogP contribution in [0.2, 0.25) is 0 Å². The number of carbonyl (C=O) groups is 2. The molecule has 5 rings (SSSR count). The summed E-state index contributed by atoms with van der Waals surface area (Å²) >= 11 is 1.32. The van der Waals surface area contributed by atoms with Crippen molar-refractivity contribution in [3.05, 3.63) is 65.7 Å². The van der Waals surface area contributed by atoms with Gasteiger partial charge in [0.25, 0.3) is 5.91 Å². The highest BCUT2D eigenvalue weighted by molar-refractivity contribution is 8.14. The Hall–Kier alpha value is -2.93. The van der Waals surface area contributed by atoms with E-state index in [-0.39, 0.29) is 17.6 Å². The molecule has 0 saturated heterocycles. The molecule has 2 amide bonds. The summed E-state index contributed by atoms with van der Waals surface area (Å²) in [6.45, 7) is 0. The Morgan fingerprint density at radius 1 is 1.06 bits per heavy atom. The lowest BCUT2D eigenvalue weighted by Gasteiger charge is -2.31. The molecule has 32 heavy (non-hydrogen) atoms. The molecule has 0 bridgehead atoms. The normalized spacial score (nSPS) is 20.3. The topological polar surface area (TPSA) is 65.3 Å². The number of amidine groups is 2. The molecule has 2 aromatic rings. The molecule has 2 aliphatic heterocycles. The van der Waals surface area contributed by atoms with E-state index in [1.165, 1.54) is 31.0 Å². The molecule has 164 valence electrons. The number of benzene rings is 2. The number of para-hydroxylation sites is 1. The summed E-state index contributed by atoms with van der Waals surface area (Å²) in [6, 6.07) is 17.0. The lowest BCUT2D eigenvalue weighted by atomic mass is 9.94. The van der Waals surface area contributed by atoms with Gasteiger partial charge in [0.15, 0.2) is 11.2 Å². The van der Waals surface area contributed by atoms with Crippen LogP contribution in [0.15, 0.2) is 64.6 Å². The first-order chi connectivity index (χ1) is 15.6. The lowest BCUT2D eigenvalue weighted by Crippen LogP contribution is -2.42. The van der Waals surface area contributed by atoms with Crippen LogP contribution in [0.1, 0.15) is 49.3 Å². The number of fused-ring (bicyclic) bond motifs is 3. The molecule has 7 heteroatoms. The zero-order valence-corrected chi connectivity index (χ0v) is 18.9. The minimum atomic E-state index is -0.594. The summed E-state index contributed by atoms with van der Waals surface area (Å²) < 4.78 is 0. The van der Waals surface area contributed by atoms with Crippen LogP contribution in [0, 0.1) is 0 Å². The quantitative estimate of drug-likeness (QED) is 0.692. The Labute approximate surface area is 192 Å². The van der Waals surface area contributed by atoms with Crippen LogP contribution in [-0.2, 0) is 9.59 Å². The molecule has 0 aromatic heterocycles. The van der Waals surface area contributed by atoms with E-state index in [2.05, 4.69) is 0 Å². The molecule has 3 aliphatic rings. The number of nitrogens with zero attached hydrogens (tertiary/aromatic N) is 4. The summed E-state index contributed by atoms with van der Waals surface area (Å²) in [6.07, 6.45) is 5.76. The number of rotatable bonds is 4. The van der Waals surface area contributed by atoms with Crippen molar-refractivity contribution in [1.82, 2.24) is 9.80 Å². The van der Waals surface area contributed by atoms with Crippen molar-refractivity contribution in [1.29, 1.82) is 0 Å². The van der Waals surface area contributed by atoms with Gasteiger partial charge in [-0.05, 0) is 30.5 Å². The van der Waals surface area contributed by atoms with Gasteiger partial charge in [-0.25, -0.2) is 14.9 Å².